The second-order valence-corrected chi connectivity index (χ2v) is 5.55. The zero-order valence-corrected chi connectivity index (χ0v) is 12.3. The van der Waals surface area contributed by atoms with Gasteiger partial charge in [-0.25, -0.2) is 0 Å². The van der Waals surface area contributed by atoms with Gasteiger partial charge in [0.1, 0.15) is 10.8 Å². The van der Waals surface area contributed by atoms with E-state index in [2.05, 4.69) is 18.8 Å². The monoisotopic (exact) mass is 291 g/mol. The van der Waals surface area contributed by atoms with Crippen LogP contribution >= 0.6 is 23.2 Å². The van der Waals surface area contributed by atoms with Gasteiger partial charge in [0.05, 0.1) is 5.02 Å². The SMILES string of the molecule is CC(C)C(N)CCN(C)C(=O)c1cc(Cl)c(Cl)[nH]1. The van der Waals surface area contributed by atoms with Gasteiger partial charge >= 0.3 is 0 Å². The van der Waals surface area contributed by atoms with Gasteiger partial charge in [0.2, 0.25) is 0 Å². The summed E-state index contributed by atoms with van der Waals surface area (Å²) in [6.45, 7) is 4.74. The van der Waals surface area contributed by atoms with Crippen LogP contribution < -0.4 is 5.73 Å². The number of nitrogens with one attached hydrogen (secondary N) is 1. The Morgan fingerprint density at radius 3 is 2.56 bits per heavy atom. The predicted molar refractivity (Wildman–Crippen MR) is 75.2 cm³/mol. The molecule has 102 valence electrons. The highest BCUT2D eigenvalue weighted by Crippen LogP contribution is 2.22. The Labute approximate surface area is 117 Å². The summed E-state index contributed by atoms with van der Waals surface area (Å²) < 4.78 is 0. The second-order valence-electron chi connectivity index (χ2n) is 4.77. The Balaban J connectivity index is 2.56. The van der Waals surface area contributed by atoms with Gasteiger partial charge in [-0.05, 0) is 18.4 Å². The highest BCUT2D eigenvalue weighted by Gasteiger charge is 2.17. The molecule has 1 heterocycles. The van der Waals surface area contributed by atoms with Crippen molar-refractivity contribution in [1.82, 2.24) is 9.88 Å². The average molecular weight is 292 g/mol. The number of nitrogens with zero attached hydrogens (tertiary/aromatic N) is 1. The van der Waals surface area contributed by atoms with Gasteiger partial charge in [0.15, 0.2) is 0 Å². The molecule has 0 saturated heterocycles. The van der Waals surface area contributed by atoms with Crippen LogP contribution in [-0.4, -0.2) is 35.4 Å². The van der Waals surface area contributed by atoms with E-state index in [1.165, 1.54) is 6.07 Å². The number of H-pyrrole nitrogens is 1. The summed E-state index contributed by atoms with van der Waals surface area (Å²) in [5, 5.41) is 0.639. The summed E-state index contributed by atoms with van der Waals surface area (Å²) in [4.78, 5) is 16.4. The Bertz CT molecular complexity index is 398. The first-order chi connectivity index (χ1) is 8.32. The zero-order chi connectivity index (χ0) is 13.9. The van der Waals surface area contributed by atoms with E-state index in [4.69, 9.17) is 28.9 Å². The molecular formula is C12H19Cl2N3O. The van der Waals surface area contributed by atoms with Crippen LogP contribution in [0.25, 0.3) is 0 Å². The van der Waals surface area contributed by atoms with Crippen molar-refractivity contribution in [2.45, 2.75) is 26.3 Å². The van der Waals surface area contributed by atoms with Gasteiger partial charge in [-0.1, -0.05) is 37.0 Å². The molecule has 0 bridgehead atoms. The third-order valence-corrected chi connectivity index (χ3v) is 3.65. The maximum atomic E-state index is 12.0. The highest BCUT2D eigenvalue weighted by molar-refractivity contribution is 6.41. The molecule has 0 spiro atoms. The van der Waals surface area contributed by atoms with E-state index in [0.717, 1.165) is 6.42 Å². The zero-order valence-electron chi connectivity index (χ0n) is 10.8. The molecular weight excluding hydrogens is 273 g/mol. The molecule has 1 rings (SSSR count). The van der Waals surface area contributed by atoms with Crippen LogP contribution in [0.1, 0.15) is 30.8 Å². The van der Waals surface area contributed by atoms with E-state index in [9.17, 15) is 4.79 Å². The van der Waals surface area contributed by atoms with Crippen molar-refractivity contribution in [3.8, 4) is 0 Å². The molecule has 0 aliphatic heterocycles. The normalized spacial score (nSPS) is 12.8. The van der Waals surface area contributed by atoms with Crippen LogP contribution in [0, 0.1) is 5.92 Å². The fraction of sp³-hybridized carbons (Fsp3) is 0.583. The number of rotatable bonds is 5. The first kappa shape index (κ1) is 15.3. The van der Waals surface area contributed by atoms with E-state index in [0.29, 0.717) is 23.2 Å². The van der Waals surface area contributed by atoms with Crippen LogP contribution in [0.15, 0.2) is 6.07 Å². The Morgan fingerprint density at radius 1 is 1.50 bits per heavy atom. The molecule has 0 aliphatic rings. The smallest absolute Gasteiger partial charge is 0.270 e. The fourth-order valence-electron chi connectivity index (χ4n) is 1.50. The molecule has 1 aromatic heterocycles. The minimum atomic E-state index is -0.139. The summed E-state index contributed by atoms with van der Waals surface area (Å²) in [6.07, 6.45) is 0.766. The van der Waals surface area contributed by atoms with Crippen molar-refractivity contribution in [2.24, 2.45) is 11.7 Å². The summed E-state index contributed by atoms with van der Waals surface area (Å²) in [6, 6.07) is 1.63. The van der Waals surface area contributed by atoms with Gasteiger partial charge in [-0.3, -0.25) is 4.79 Å². The van der Waals surface area contributed by atoms with Crippen molar-refractivity contribution < 1.29 is 4.79 Å². The molecule has 1 unspecified atom stereocenters. The van der Waals surface area contributed by atoms with Crippen molar-refractivity contribution >= 4 is 29.1 Å². The van der Waals surface area contributed by atoms with E-state index in [1.807, 2.05) is 0 Å². The second kappa shape index (κ2) is 6.45. The van der Waals surface area contributed by atoms with Crippen molar-refractivity contribution in [2.75, 3.05) is 13.6 Å². The molecule has 1 amide bonds. The molecule has 3 N–H and O–H groups in total. The first-order valence-electron chi connectivity index (χ1n) is 5.88. The van der Waals surface area contributed by atoms with E-state index < -0.39 is 0 Å². The van der Waals surface area contributed by atoms with Gasteiger partial charge < -0.3 is 15.6 Å². The third kappa shape index (κ3) is 3.90. The fourth-order valence-corrected chi connectivity index (χ4v) is 1.82. The van der Waals surface area contributed by atoms with Crippen LogP contribution in [0.4, 0.5) is 0 Å². The number of amides is 1. The number of hydrogen-bond acceptors (Lipinski definition) is 2. The van der Waals surface area contributed by atoms with Crippen LogP contribution in [0.3, 0.4) is 0 Å². The lowest BCUT2D eigenvalue weighted by atomic mass is 10.0. The summed E-state index contributed by atoms with van der Waals surface area (Å²) in [5.74, 6) is 0.266. The lowest BCUT2D eigenvalue weighted by Crippen LogP contribution is -2.34. The topological polar surface area (TPSA) is 62.1 Å². The summed E-state index contributed by atoms with van der Waals surface area (Å²) in [5.41, 5.74) is 6.34. The molecule has 0 aromatic carbocycles. The van der Waals surface area contributed by atoms with E-state index in [-0.39, 0.29) is 17.1 Å². The van der Waals surface area contributed by atoms with Crippen molar-refractivity contribution in [3.63, 3.8) is 0 Å². The number of nitrogens with two attached hydrogens (primary N) is 1. The number of aromatic amines is 1. The maximum absolute atomic E-state index is 12.0. The van der Waals surface area contributed by atoms with Gasteiger partial charge in [0, 0.05) is 19.6 Å². The molecule has 0 fully saturated rings. The Hall–Kier alpha value is -0.710. The van der Waals surface area contributed by atoms with Crippen molar-refractivity contribution in [3.05, 3.63) is 21.9 Å². The molecule has 6 heteroatoms. The lowest BCUT2D eigenvalue weighted by Gasteiger charge is -2.21. The van der Waals surface area contributed by atoms with Crippen molar-refractivity contribution in [1.29, 1.82) is 0 Å². The minimum absolute atomic E-state index is 0.0936. The molecule has 1 atom stereocenters. The maximum Gasteiger partial charge on any atom is 0.270 e. The van der Waals surface area contributed by atoms with Crippen LogP contribution in [0.5, 0.6) is 0 Å². The highest BCUT2D eigenvalue weighted by atomic mass is 35.5. The quantitative estimate of drug-likeness (QED) is 0.876. The number of halogens is 2. The molecule has 0 aliphatic carbocycles. The van der Waals surface area contributed by atoms with Gasteiger partial charge in [-0.15, -0.1) is 0 Å². The number of carbonyl (C=O) groups excluding carboxylic acids is 1. The lowest BCUT2D eigenvalue weighted by molar-refractivity contribution is 0.0784. The molecule has 18 heavy (non-hydrogen) atoms. The Kier molecular flexibility index (Phi) is 5.50. The molecule has 0 radical (unpaired) electrons. The number of hydrogen-bond donors (Lipinski definition) is 2. The molecule has 4 nitrogen and oxygen atoms in total. The third-order valence-electron chi connectivity index (χ3n) is 2.96. The van der Waals surface area contributed by atoms with E-state index >= 15 is 0 Å². The Morgan fingerprint density at radius 2 is 2.11 bits per heavy atom. The van der Waals surface area contributed by atoms with Gasteiger partial charge in [0.25, 0.3) is 5.91 Å². The molecule has 1 aromatic rings. The minimum Gasteiger partial charge on any atom is -0.340 e. The first-order valence-corrected chi connectivity index (χ1v) is 6.63. The van der Waals surface area contributed by atoms with E-state index in [1.54, 1.807) is 11.9 Å². The van der Waals surface area contributed by atoms with Crippen LogP contribution in [0.2, 0.25) is 10.2 Å². The number of aromatic nitrogens is 1. The average Bonchev–Trinajstić information content (AvgIpc) is 2.64. The van der Waals surface area contributed by atoms with Crippen LogP contribution in [-0.2, 0) is 0 Å². The molecule has 0 saturated carbocycles. The number of carbonyl (C=O) groups is 1. The predicted octanol–water partition coefficient (Wildman–Crippen LogP) is 2.77. The standard InChI is InChI=1S/C12H19Cl2N3O/c1-7(2)9(15)4-5-17(3)12(18)10-6-8(13)11(14)16-10/h6-7,9,16H,4-5,15H2,1-3H3. The largest absolute Gasteiger partial charge is 0.340 e. The summed E-state index contributed by atoms with van der Waals surface area (Å²) >= 11 is 11.6. The van der Waals surface area contributed by atoms with Gasteiger partial charge in [-0.2, -0.15) is 0 Å². The summed E-state index contributed by atoms with van der Waals surface area (Å²) in [7, 11) is 1.73.